The summed E-state index contributed by atoms with van der Waals surface area (Å²) in [5.41, 5.74) is 1.60. The standard InChI is InChI=1S/C20H23N3O5S/c1-14-2-7-18(29-14)19(25)22-12-17-13-23(20(26)28-17)16-5-3-15(4-6-16)21-8-10-27-11-9-24/h2-7,9,17,21H,8,10-13H2,1H3,(H,22,25). The molecule has 0 spiro atoms. The van der Waals surface area contributed by atoms with Crippen molar-refractivity contribution in [3.05, 3.63) is 46.2 Å². The number of hydrogen-bond donors (Lipinski definition) is 2. The molecule has 1 aromatic heterocycles. The summed E-state index contributed by atoms with van der Waals surface area (Å²) < 4.78 is 10.4. The smallest absolute Gasteiger partial charge is 0.414 e. The fourth-order valence-corrected chi connectivity index (χ4v) is 3.63. The molecule has 8 nitrogen and oxygen atoms in total. The lowest BCUT2D eigenvalue weighted by Crippen LogP contribution is -2.34. The number of carbonyl (C=O) groups excluding carboxylic acids is 3. The van der Waals surface area contributed by atoms with Gasteiger partial charge in [-0.1, -0.05) is 0 Å². The van der Waals surface area contributed by atoms with Crippen LogP contribution < -0.4 is 15.5 Å². The molecule has 1 aromatic carbocycles. The number of amides is 2. The summed E-state index contributed by atoms with van der Waals surface area (Å²) in [5.74, 6) is -0.162. The van der Waals surface area contributed by atoms with Crippen molar-refractivity contribution in [3.63, 3.8) is 0 Å². The molecule has 154 valence electrons. The van der Waals surface area contributed by atoms with E-state index in [2.05, 4.69) is 10.6 Å². The van der Waals surface area contributed by atoms with Gasteiger partial charge in [0, 0.05) is 22.8 Å². The van der Waals surface area contributed by atoms with Crippen molar-refractivity contribution in [2.75, 3.05) is 43.1 Å². The third kappa shape index (κ3) is 5.78. The van der Waals surface area contributed by atoms with Crippen LogP contribution in [-0.4, -0.2) is 57.2 Å². The van der Waals surface area contributed by atoms with E-state index in [0.29, 0.717) is 30.9 Å². The summed E-state index contributed by atoms with van der Waals surface area (Å²) in [6.45, 7) is 3.67. The number of rotatable bonds is 10. The summed E-state index contributed by atoms with van der Waals surface area (Å²) in [5, 5.41) is 5.99. The predicted molar refractivity (Wildman–Crippen MR) is 111 cm³/mol. The SMILES string of the molecule is Cc1ccc(C(=O)NCC2CN(c3ccc(NCCOCC=O)cc3)C(=O)O2)s1. The molecular formula is C20H23N3O5S. The fourth-order valence-electron chi connectivity index (χ4n) is 2.85. The molecule has 1 saturated heterocycles. The molecule has 1 unspecified atom stereocenters. The highest BCUT2D eigenvalue weighted by atomic mass is 32.1. The average molecular weight is 417 g/mol. The minimum Gasteiger partial charge on any atom is -0.442 e. The van der Waals surface area contributed by atoms with Gasteiger partial charge in [-0.25, -0.2) is 4.79 Å². The van der Waals surface area contributed by atoms with Crippen molar-refractivity contribution >= 4 is 41.0 Å². The van der Waals surface area contributed by atoms with Crippen LogP contribution in [0.2, 0.25) is 0 Å². The number of cyclic esters (lactones) is 1. The molecular weight excluding hydrogens is 394 g/mol. The van der Waals surface area contributed by atoms with E-state index in [0.717, 1.165) is 16.3 Å². The van der Waals surface area contributed by atoms with Gasteiger partial charge in [0.1, 0.15) is 19.0 Å². The molecule has 3 rings (SSSR count). The molecule has 2 heterocycles. The minimum absolute atomic E-state index is 0.0896. The van der Waals surface area contributed by atoms with Crippen LogP contribution in [0, 0.1) is 6.92 Å². The summed E-state index contributed by atoms with van der Waals surface area (Å²) in [6.07, 6.45) is -0.120. The Morgan fingerprint density at radius 1 is 1.31 bits per heavy atom. The summed E-state index contributed by atoms with van der Waals surface area (Å²) in [7, 11) is 0. The predicted octanol–water partition coefficient (Wildman–Crippen LogP) is 2.44. The Kier molecular flexibility index (Phi) is 7.20. The maximum absolute atomic E-state index is 12.2. The number of nitrogens with zero attached hydrogens (tertiary/aromatic N) is 1. The normalized spacial score (nSPS) is 15.8. The second-order valence-electron chi connectivity index (χ2n) is 6.45. The van der Waals surface area contributed by atoms with Gasteiger partial charge in [-0.3, -0.25) is 9.69 Å². The maximum atomic E-state index is 12.2. The van der Waals surface area contributed by atoms with E-state index in [1.165, 1.54) is 11.3 Å². The first-order chi connectivity index (χ1) is 14.1. The molecule has 1 fully saturated rings. The zero-order chi connectivity index (χ0) is 20.6. The second kappa shape index (κ2) is 10.0. The molecule has 1 aliphatic heterocycles. The van der Waals surface area contributed by atoms with Crippen LogP contribution in [0.1, 0.15) is 14.5 Å². The number of anilines is 2. The summed E-state index contributed by atoms with van der Waals surface area (Å²) >= 11 is 1.43. The molecule has 2 amide bonds. The molecule has 2 N–H and O–H groups in total. The van der Waals surface area contributed by atoms with Crippen molar-refractivity contribution in [1.29, 1.82) is 0 Å². The number of thiophene rings is 1. The third-order valence-electron chi connectivity index (χ3n) is 4.27. The molecule has 9 heteroatoms. The van der Waals surface area contributed by atoms with Crippen LogP contribution >= 0.6 is 11.3 Å². The minimum atomic E-state index is -0.431. The Balaban J connectivity index is 1.47. The van der Waals surface area contributed by atoms with Gasteiger partial charge < -0.3 is 24.9 Å². The maximum Gasteiger partial charge on any atom is 0.414 e. The highest BCUT2D eigenvalue weighted by Gasteiger charge is 2.32. The van der Waals surface area contributed by atoms with E-state index in [9.17, 15) is 14.4 Å². The van der Waals surface area contributed by atoms with Gasteiger partial charge in [0.25, 0.3) is 5.91 Å². The molecule has 1 aliphatic rings. The first-order valence-electron chi connectivity index (χ1n) is 9.25. The fraction of sp³-hybridized carbons (Fsp3) is 0.350. The topological polar surface area (TPSA) is 97.0 Å². The zero-order valence-electron chi connectivity index (χ0n) is 16.1. The van der Waals surface area contributed by atoms with Crippen LogP contribution in [0.4, 0.5) is 16.2 Å². The average Bonchev–Trinajstić information content (AvgIpc) is 3.32. The van der Waals surface area contributed by atoms with E-state index in [1.54, 1.807) is 11.0 Å². The van der Waals surface area contributed by atoms with E-state index < -0.39 is 12.2 Å². The number of aldehydes is 1. The van der Waals surface area contributed by atoms with Crippen LogP contribution in [0.5, 0.6) is 0 Å². The molecule has 1 atom stereocenters. The second-order valence-corrected chi connectivity index (χ2v) is 7.74. The summed E-state index contributed by atoms with van der Waals surface area (Å²) in [4.78, 5) is 37.8. The van der Waals surface area contributed by atoms with E-state index in [4.69, 9.17) is 9.47 Å². The van der Waals surface area contributed by atoms with Gasteiger partial charge in [-0.2, -0.15) is 0 Å². The Morgan fingerprint density at radius 2 is 2.10 bits per heavy atom. The van der Waals surface area contributed by atoms with E-state index in [1.807, 2.05) is 37.3 Å². The number of benzene rings is 1. The lowest BCUT2D eigenvalue weighted by atomic mass is 10.2. The Morgan fingerprint density at radius 3 is 2.79 bits per heavy atom. The van der Waals surface area contributed by atoms with Gasteiger partial charge >= 0.3 is 6.09 Å². The van der Waals surface area contributed by atoms with Crippen LogP contribution in [0.15, 0.2) is 36.4 Å². The largest absolute Gasteiger partial charge is 0.442 e. The van der Waals surface area contributed by atoms with Crippen molar-refractivity contribution in [1.82, 2.24) is 5.32 Å². The van der Waals surface area contributed by atoms with Crippen molar-refractivity contribution in [2.24, 2.45) is 0 Å². The van der Waals surface area contributed by atoms with Gasteiger partial charge in [0.05, 0.1) is 24.6 Å². The number of aryl methyl sites for hydroxylation is 1. The Labute approximate surface area is 172 Å². The van der Waals surface area contributed by atoms with Gasteiger partial charge in [0.15, 0.2) is 0 Å². The van der Waals surface area contributed by atoms with Gasteiger partial charge in [-0.15, -0.1) is 11.3 Å². The van der Waals surface area contributed by atoms with Crippen molar-refractivity contribution in [3.8, 4) is 0 Å². The van der Waals surface area contributed by atoms with Crippen LogP contribution in [0.25, 0.3) is 0 Å². The number of ether oxygens (including phenoxy) is 2. The monoisotopic (exact) mass is 417 g/mol. The zero-order valence-corrected chi connectivity index (χ0v) is 16.9. The Bertz CT molecular complexity index is 852. The molecule has 29 heavy (non-hydrogen) atoms. The molecule has 0 saturated carbocycles. The molecule has 0 aliphatic carbocycles. The molecule has 2 aromatic rings. The van der Waals surface area contributed by atoms with Crippen LogP contribution in [-0.2, 0) is 14.3 Å². The van der Waals surface area contributed by atoms with Gasteiger partial charge in [-0.05, 0) is 43.3 Å². The number of nitrogens with one attached hydrogen (secondary N) is 2. The van der Waals surface area contributed by atoms with Crippen molar-refractivity contribution in [2.45, 2.75) is 13.0 Å². The van der Waals surface area contributed by atoms with Crippen LogP contribution in [0.3, 0.4) is 0 Å². The quantitative estimate of drug-likeness (QED) is 0.455. The highest BCUT2D eigenvalue weighted by molar-refractivity contribution is 7.13. The van der Waals surface area contributed by atoms with E-state index >= 15 is 0 Å². The highest BCUT2D eigenvalue weighted by Crippen LogP contribution is 2.23. The number of hydrogen-bond acceptors (Lipinski definition) is 7. The van der Waals surface area contributed by atoms with Crippen molar-refractivity contribution < 1.29 is 23.9 Å². The Hall–Kier alpha value is -2.91. The third-order valence-corrected chi connectivity index (χ3v) is 5.27. The summed E-state index contributed by atoms with van der Waals surface area (Å²) in [6, 6.07) is 11.0. The first kappa shape index (κ1) is 20.8. The lowest BCUT2D eigenvalue weighted by Gasteiger charge is -2.14. The molecule has 0 radical (unpaired) electrons. The molecule has 0 bridgehead atoms. The van der Waals surface area contributed by atoms with Gasteiger partial charge in [0.2, 0.25) is 0 Å². The van der Waals surface area contributed by atoms with E-state index in [-0.39, 0.29) is 19.1 Å². The number of carbonyl (C=O) groups is 3. The lowest BCUT2D eigenvalue weighted by molar-refractivity contribution is -0.111. The first-order valence-corrected chi connectivity index (χ1v) is 10.1.